The summed E-state index contributed by atoms with van der Waals surface area (Å²) in [6.07, 6.45) is 6.49. The van der Waals surface area contributed by atoms with E-state index >= 15 is 0 Å². The van der Waals surface area contributed by atoms with E-state index in [1.54, 1.807) is 24.3 Å². The molecule has 1 N–H and O–H groups in total. The monoisotopic (exact) mass is 519 g/mol. The molecule has 0 aliphatic heterocycles. The summed E-state index contributed by atoms with van der Waals surface area (Å²) in [7, 11) is 0. The molecule has 2 heterocycles. The molecule has 0 atom stereocenters. The van der Waals surface area contributed by atoms with Crippen LogP contribution in [0.3, 0.4) is 0 Å². The molecular formula is C27H25N3O6S. The highest BCUT2D eigenvalue weighted by molar-refractivity contribution is 7.17. The number of amides is 1. The fraction of sp³-hybridized carbons (Fsp3) is 0.296. The maximum atomic E-state index is 13.0. The second kappa shape index (κ2) is 11.7. The second-order valence-electron chi connectivity index (χ2n) is 8.54. The number of rotatable bonds is 9. The number of anilines is 1. The average Bonchev–Trinajstić information content (AvgIpc) is 3.51. The molecule has 190 valence electrons. The summed E-state index contributed by atoms with van der Waals surface area (Å²) in [5, 5.41) is 23.8. The maximum absolute atomic E-state index is 13.0. The molecule has 4 rings (SSSR count). The summed E-state index contributed by atoms with van der Waals surface area (Å²) in [6.45, 7) is 2.31. The molecule has 0 fully saturated rings. The van der Waals surface area contributed by atoms with Crippen molar-refractivity contribution in [3.8, 4) is 17.4 Å². The summed E-state index contributed by atoms with van der Waals surface area (Å²) < 4.78 is 11.2. The molecule has 0 bridgehead atoms. The molecule has 0 saturated heterocycles. The van der Waals surface area contributed by atoms with Crippen molar-refractivity contribution in [1.82, 2.24) is 0 Å². The van der Waals surface area contributed by atoms with Crippen LogP contribution in [0.1, 0.15) is 59.2 Å². The number of non-ortho nitro benzene ring substituents is 1. The van der Waals surface area contributed by atoms with E-state index < -0.39 is 16.8 Å². The van der Waals surface area contributed by atoms with Crippen LogP contribution >= 0.6 is 11.3 Å². The molecule has 10 heteroatoms. The molecule has 3 aromatic rings. The number of carbonyl (C=O) groups is 2. The van der Waals surface area contributed by atoms with Crippen LogP contribution in [-0.4, -0.2) is 23.4 Å². The van der Waals surface area contributed by atoms with Crippen LogP contribution < -0.4 is 5.32 Å². The number of esters is 1. The topological polar surface area (TPSA) is 135 Å². The van der Waals surface area contributed by atoms with Crippen molar-refractivity contribution in [3.63, 3.8) is 0 Å². The summed E-state index contributed by atoms with van der Waals surface area (Å²) in [5.74, 6) is -0.538. The zero-order valence-electron chi connectivity index (χ0n) is 20.2. The predicted molar refractivity (Wildman–Crippen MR) is 139 cm³/mol. The van der Waals surface area contributed by atoms with Crippen LogP contribution in [0.2, 0.25) is 0 Å². The van der Waals surface area contributed by atoms with Gasteiger partial charge in [0.25, 0.3) is 11.6 Å². The molecular weight excluding hydrogens is 494 g/mol. The molecule has 1 aromatic carbocycles. The standard InChI is InChI=1S/C27H25N3O6S/c1-2-3-13-35-27(32)24-21-9-4-5-10-23(21)37-26(24)29-25(31)18(16-28)15-20-11-12-22(36-20)17-7-6-8-19(14-17)30(33)34/h6-8,11-12,14-15H,2-5,9-10,13H2,1H3,(H,29,31)/b18-15+. The third kappa shape index (κ3) is 5.95. The highest BCUT2D eigenvalue weighted by Crippen LogP contribution is 2.39. The van der Waals surface area contributed by atoms with Crippen molar-refractivity contribution < 1.29 is 23.7 Å². The van der Waals surface area contributed by atoms with Crippen molar-refractivity contribution >= 4 is 40.0 Å². The van der Waals surface area contributed by atoms with Crippen molar-refractivity contribution in [2.45, 2.75) is 45.4 Å². The summed E-state index contributed by atoms with van der Waals surface area (Å²) in [6, 6.07) is 11.0. The maximum Gasteiger partial charge on any atom is 0.341 e. The van der Waals surface area contributed by atoms with Crippen molar-refractivity contribution in [2.24, 2.45) is 0 Å². The number of hydrogen-bond donors (Lipinski definition) is 1. The molecule has 37 heavy (non-hydrogen) atoms. The number of unbranched alkanes of at least 4 members (excludes halogenated alkanes) is 1. The van der Waals surface area contributed by atoms with Crippen LogP contribution in [0, 0.1) is 21.4 Å². The van der Waals surface area contributed by atoms with Gasteiger partial charge in [0.1, 0.15) is 28.2 Å². The lowest BCUT2D eigenvalue weighted by Gasteiger charge is -2.12. The Hall–Kier alpha value is -4.23. The quantitative estimate of drug-likeness (QED) is 0.0875. The van der Waals surface area contributed by atoms with Crippen LogP contribution in [0.4, 0.5) is 10.7 Å². The fourth-order valence-corrected chi connectivity index (χ4v) is 5.34. The Morgan fingerprint density at radius 2 is 2.08 bits per heavy atom. The summed E-state index contributed by atoms with van der Waals surface area (Å²) in [4.78, 5) is 37.5. The molecule has 0 saturated carbocycles. The van der Waals surface area contributed by atoms with Gasteiger partial charge in [-0.25, -0.2) is 4.79 Å². The van der Waals surface area contributed by atoms with Gasteiger partial charge in [-0.15, -0.1) is 11.3 Å². The Bertz CT molecular complexity index is 1410. The van der Waals surface area contributed by atoms with Gasteiger partial charge in [0.15, 0.2) is 0 Å². The zero-order chi connectivity index (χ0) is 26.4. The first kappa shape index (κ1) is 25.9. The van der Waals surface area contributed by atoms with Gasteiger partial charge >= 0.3 is 5.97 Å². The van der Waals surface area contributed by atoms with Crippen LogP contribution in [0.25, 0.3) is 17.4 Å². The van der Waals surface area contributed by atoms with Gasteiger partial charge in [-0.1, -0.05) is 25.5 Å². The summed E-state index contributed by atoms with van der Waals surface area (Å²) in [5.41, 5.74) is 1.50. The lowest BCUT2D eigenvalue weighted by Crippen LogP contribution is -2.17. The van der Waals surface area contributed by atoms with Crippen LogP contribution in [0.5, 0.6) is 0 Å². The van der Waals surface area contributed by atoms with Crippen molar-refractivity contribution in [3.05, 3.63) is 73.8 Å². The number of ether oxygens (including phenoxy) is 1. The van der Waals surface area contributed by atoms with Gasteiger partial charge in [0.05, 0.1) is 17.1 Å². The average molecular weight is 520 g/mol. The molecule has 1 aliphatic carbocycles. The van der Waals surface area contributed by atoms with Gasteiger partial charge in [-0.2, -0.15) is 5.26 Å². The number of nitro groups is 1. The van der Waals surface area contributed by atoms with Crippen molar-refractivity contribution in [1.29, 1.82) is 5.26 Å². The molecule has 0 spiro atoms. The minimum atomic E-state index is -0.669. The van der Waals surface area contributed by atoms with Gasteiger partial charge in [-0.05, 0) is 49.8 Å². The molecule has 1 aliphatic rings. The Labute approximate surface area is 217 Å². The molecule has 0 radical (unpaired) electrons. The number of furan rings is 1. The first-order valence-electron chi connectivity index (χ1n) is 12.0. The van der Waals surface area contributed by atoms with E-state index in [2.05, 4.69) is 5.32 Å². The Morgan fingerprint density at radius 1 is 1.27 bits per heavy atom. The SMILES string of the molecule is CCCCOC(=O)c1c(NC(=O)/C(C#N)=C/c2ccc(-c3cccc([N+](=O)[O-])c3)o2)sc2c1CCCC2. The number of nitro benzene ring substituents is 1. The zero-order valence-corrected chi connectivity index (χ0v) is 21.1. The minimum absolute atomic E-state index is 0.0780. The Morgan fingerprint density at radius 3 is 2.84 bits per heavy atom. The lowest BCUT2D eigenvalue weighted by molar-refractivity contribution is -0.384. The Balaban J connectivity index is 1.57. The minimum Gasteiger partial charge on any atom is -0.462 e. The van der Waals surface area contributed by atoms with E-state index in [1.165, 1.54) is 29.5 Å². The smallest absolute Gasteiger partial charge is 0.341 e. The van der Waals surface area contributed by atoms with E-state index in [9.17, 15) is 25.0 Å². The molecule has 1 amide bonds. The van der Waals surface area contributed by atoms with Gasteiger partial charge < -0.3 is 14.5 Å². The molecule has 2 aromatic heterocycles. The van der Waals surface area contributed by atoms with E-state index in [0.717, 1.165) is 49.0 Å². The Kier molecular flexibility index (Phi) is 8.15. The van der Waals surface area contributed by atoms with E-state index in [1.807, 2.05) is 13.0 Å². The molecule has 9 nitrogen and oxygen atoms in total. The second-order valence-corrected chi connectivity index (χ2v) is 9.64. The van der Waals surface area contributed by atoms with E-state index in [4.69, 9.17) is 9.15 Å². The number of benzene rings is 1. The van der Waals surface area contributed by atoms with Gasteiger partial charge in [-0.3, -0.25) is 14.9 Å². The van der Waals surface area contributed by atoms with Gasteiger partial charge in [0.2, 0.25) is 0 Å². The largest absolute Gasteiger partial charge is 0.462 e. The van der Waals surface area contributed by atoms with Gasteiger partial charge in [0, 0.05) is 28.6 Å². The number of carbonyl (C=O) groups excluding carboxylic acids is 2. The highest BCUT2D eigenvalue weighted by atomic mass is 32.1. The number of nitrogens with zero attached hydrogens (tertiary/aromatic N) is 2. The highest BCUT2D eigenvalue weighted by Gasteiger charge is 2.28. The normalized spacial score (nSPS) is 12.9. The first-order valence-corrected chi connectivity index (χ1v) is 12.8. The van der Waals surface area contributed by atoms with E-state index in [0.29, 0.717) is 28.5 Å². The number of nitrogens with one attached hydrogen (secondary N) is 1. The number of nitriles is 1. The predicted octanol–water partition coefficient (Wildman–Crippen LogP) is 6.30. The number of fused-ring (bicyclic) bond motifs is 1. The fourth-order valence-electron chi connectivity index (χ4n) is 4.07. The number of thiophene rings is 1. The third-order valence-electron chi connectivity index (χ3n) is 5.95. The van der Waals surface area contributed by atoms with Crippen LogP contribution in [-0.2, 0) is 22.4 Å². The number of hydrogen-bond acceptors (Lipinski definition) is 8. The molecule has 0 unspecified atom stereocenters. The summed E-state index contributed by atoms with van der Waals surface area (Å²) >= 11 is 1.35. The lowest BCUT2D eigenvalue weighted by atomic mass is 9.95. The van der Waals surface area contributed by atoms with E-state index in [-0.39, 0.29) is 17.0 Å². The van der Waals surface area contributed by atoms with Crippen molar-refractivity contribution in [2.75, 3.05) is 11.9 Å². The van der Waals surface area contributed by atoms with Crippen LogP contribution in [0.15, 0.2) is 46.4 Å². The number of aryl methyl sites for hydroxylation is 1. The first-order chi connectivity index (χ1) is 17.9. The third-order valence-corrected chi connectivity index (χ3v) is 7.16.